The van der Waals surface area contributed by atoms with Crippen LogP contribution >= 0.6 is 0 Å². The average Bonchev–Trinajstić information content (AvgIpc) is 3.01. The van der Waals surface area contributed by atoms with E-state index in [-0.39, 0.29) is 12.3 Å². The third kappa shape index (κ3) is 1.83. The first-order valence-corrected chi connectivity index (χ1v) is 6.19. The number of nitrogens with zero attached hydrogens (tertiary/aromatic N) is 2. The summed E-state index contributed by atoms with van der Waals surface area (Å²) in [6, 6.07) is 10.7. The van der Waals surface area contributed by atoms with Gasteiger partial charge in [-0.05, 0) is 19.5 Å². The van der Waals surface area contributed by atoms with Crippen molar-refractivity contribution in [2.45, 2.75) is 25.3 Å². The molecule has 0 bridgehead atoms. The summed E-state index contributed by atoms with van der Waals surface area (Å²) in [6.45, 7) is 2.18. The fraction of sp³-hybridized carbons (Fsp3) is 0.357. The molecule has 94 valence electrons. The van der Waals surface area contributed by atoms with Crippen molar-refractivity contribution in [2.75, 3.05) is 7.05 Å². The molecule has 0 radical (unpaired) electrons. The van der Waals surface area contributed by atoms with E-state index in [1.54, 1.807) is 6.20 Å². The van der Waals surface area contributed by atoms with Crippen LogP contribution in [0.1, 0.15) is 30.6 Å². The normalized spacial score (nSPS) is 28.7. The Morgan fingerprint density at radius 1 is 1.28 bits per heavy atom. The van der Waals surface area contributed by atoms with E-state index in [1.807, 2.05) is 24.4 Å². The molecule has 1 aromatic carbocycles. The van der Waals surface area contributed by atoms with Gasteiger partial charge in [0.1, 0.15) is 6.10 Å². The Kier molecular flexibility index (Phi) is 2.89. The third-order valence-corrected chi connectivity index (χ3v) is 3.61. The highest BCUT2D eigenvalue weighted by Crippen LogP contribution is 2.39. The number of hydrogen-bond donors (Lipinski definition) is 1. The van der Waals surface area contributed by atoms with E-state index in [4.69, 9.17) is 4.74 Å². The molecule has 0 aliphatic carbocycles. The number of nitrogens with one attached hydrogen (secondary N) is 1. The minimum atomic E-state index is -0.0970. The molecule has 2 heterocycles. The molecule has 1 saturated heterocycles. The van der Waals surface area contributed by atoms with Crippen molar-refractivity contribution >= 4 is 0 Å². The van der Waals surface area contributed by atoms with Crippen LogP contribution in [-0.2, 0) is 4.74 Å². The second-order valence-corrected chi connectivity index (χ2v) is 4.70. The number of likely N-dealkylation sites (N-methyl/N-ethyl adjacent to an activating group) is 1. The average molecular weight is 243 g/mol. The van der Waals surface area contributed by atoms with E-state index < -0.39 is 0 Å². The van der Waals surface area contributed by atoms with Gasteiger partial charge in [0.2, 0.25) is 0 Å². The molecular formula is C14H17N3O. The standard InChI is InChI=1S/C14H17N3O/c1-10-12(11-6-4-3-5-7-11)18-14(17(10)2)13-15-8-9-16-13/h3-10,12,14H,1-2H3,(H,15,16)/t10-,12-,14-/m0/s1. The molecule has 3 rings (SSSR count). The summed E-state index contributed by atoms with van der Waals surface area (Å²) in [7, 11) is 2.07. The number of ether oxygens (including phenoxy) is 1. The van der Waals surface area contributed by atoms with Crippen molar-refractivity contribution in [3.05, 3.63) is 54.1 Å². The number of imidazole rings is 1. The van der Waals surface area contributed by atoms with Gasteiger partial charge < -0.3 is 9.72 Å². The van der Waals surface area contributed by atoms with Crippen LogP contribution < -0.4 is 0 Å². The van der Waals surface area contributed by atoms with Crippen LogP contribution in [-0.4, -0.2) is 28.0 Å². The summed E-state index contributed by atoms with van der Waals surface area (Å²) < 4.78 is 6.15. The van der Waals surface area contributed by atoms with Gasteiger partial charge in [-0.3, -0.25) is 4.90 Å². The van der Waals surface area contributed by atoms with Crippen molar-refractivity contribution in [1.82, 2.24) is 14.9 Å². The lowest BCUT2D eigenvalue weighted by atomic mass is 10.0. The Balaban J connectivity index is 1.87. The van der Waals surface area contributed by atoms with Gasteiger partial charge in [0.15, 0.2) is 12.1 Å². The maximum absolute atomic E-state index is 6.15. The monoisotopic (exact) mass is 243 g/mol. The minimum Gasteiger partial charge on any atom is -0.346 e. The number of rotatable bonds is 2. The molecule has 4 nitrogen and oxygen atoms in total. The second-order valence-electron chi connectivity index (χ2n) is 4.70. The first-order chi connectivity index (χ1) is 8.77. The molecule has 0 unspecified atom stereocenters. The second kappa shape index (κ2) is 4.55. The van der Waals surface area contributed by atoms with Crippen LogP contribution in [0, 0.1) is 0 Å². The number of aromatic amines is 1. The van der Waals surface area contributed by atoms with Crippen molar-refractivity contribution in [1.29, 1.82) is 0 Å². The Morgan fingerprint density at radius 3 is 2.72 bits per heavy atom. The predicted octanol–water partition coefficient (Wildman–Crippen LogP) is 2.50. The van der Waals surface area contributed by atoms with Gasteiger partial charge in [-0.1, -0.05) is 30.3 Å². The van der Waals surface area contributed by atoms with Gasteiger partial charge >= 0.3 is 0 Å². The summed E-state index contributed by atoms with van der Waals surface area (Å²) in [5, 5.41) is 0. The quantitative estimate of drug-likeness (QED) is 0.881. The van der Waals surface area contributed by atoms with Gasteiger partial charge in [0.05, 0.1) is 0 Å². The molecule has 1 aliphatic rings. The summed E-state index contributed by atoms with van der Waals surface area (Å²) in [5.74, 6) is 0.864. The molecule has 2 aromatic rings. The van der Waals surface area contributed by atoms with Crippen molar-refractivity contribution in [2.24, 2.45) is 0 Å². The minimum absolute atomic E-state index is 0.0892. The van der Waals surface area contributed by atoms with Crippen molar-refractivity contribution in [3.63, 3.8) is 0 Å². The zero-order valence-electron chi connectivity index (χ0n) is 10.6. The largest absolute Gasteiger partial charge is 0.346 e. The lowest BCUT2D eigenvalue weighted by molar-refractivity contribution is 0.0000996. The molecule has 3 atom stereocenters. The number of hydrogen-bond acceptors (Lipinski definition) is 3. The van der Waals surface area contributed by atoms with Crippen molar-refractivity contribution in [3.8, 4) is 0 Å². The zero-order chi connectivity index (χ0) is 12.5. The molecule has 1 aromatic heterocycles. The van der Waals surface area contributed by atoms with Gasteiger partial charge in [-0.2, -0.15) is 0 Å². The third-order valence-electron chi connectivity index (χ3n) is 3.61. The number of H-pyrrole nitrogens is 1. The van der Waals surface area contributed by atoms with E-state index in [9.17, 15) is 0 Å². The molecular weight excluding hydrogens is 226 g/mol. The molecule has 18 heavy (non-hydrogen) atoms. The molecule has 1 aliphatic heterocycles. The highest BCUT2D eigenvalue weighted by atomic mass is 16.5. The zero-order valence-corrected chi connectivity index (χ0v) is 10.6. The van der Waals surface area contributed by atoms with Crippen LogP contribution in [0.25, 0.3) is 0 Å². The van der Waals surface area contributed by atoms with E-state index in [2.05, 4.69) is 41.0 Å². The number of benzene rings is 1. The van der Waals surface area contributed by atoms with Gasteiger partial charge in [-0.15, -0.1) is 0 Å². The van der Waals surface area contributed by atoms with Crippen LogP contribution in [0.5, 0.6) is 0 Å². The molecule has 0 saturated carbocycles. The fourth-order valence-electron chi connectivity index (χ4n) is 2.45. The topological polar surface area (TPSA) is 41.1 Å². The maximum atomic E-state index is 6.15. The summed E-state index contributed by atoms with van der Waals surface area (Å²) in [5.41, 5.74) is 1.21. The Bertz CT molecular complexity index is 497. The molecule has 4 heteroatoms. The lowest BCUT2D eigenvalue weighted by Crippen LogP contribution is -2.27. The first-order valence-electron chi connectivity index (χ1n) is 6.19. The maximum Gasteiger partial charge on any atom is 0.170 e. The lowest BCUT2D eigenvalue weighted by Gasteiger charge is -2.19. The Hall–Kier alpha value is -1.65. The Labute approximate surface area is 107 Å². The molecule has 1 N–H and O–H groups in total. The highest BCUT2D eigenvalue weighted by molar-refractivity contribution is 5.20. The van der Waals surface area contributed by atoms with Crippen LogP contribution in [0.2, 0.25) is 0 Å². The van der Waals surface area contributed by atoms with Gasteiger partial charge in [0.25, 0.3) is 0 Å². The first kappa shape index (κ1) is 11.4. The molecule has 0 spiro atoms. The van der Waals surface area contributed by atoms with E-state index in [0.29, 0.717) is 6.04 Å². The van der Waals surface area contributed by atoms with E-state index in [1.165, 1.54) is 5.56 Å². The fourth-order valence-corrected chi connectivity index (χ4v) is 2.45. The predicted molar refractivity (Wildman–Crippen MR) is 68.8 cm³/mol. The highest BCUT2D eigenvalue weighted by Gasteiger charge is 2.39. The summed E-state index contributed by atoms with van der Waals surface area (Å²) in [6.07, 6.45) is 3.58. The van der Waals surface area contributed by atoms with Crippen molar-refractivity contribution < 1.29 is 4.74 Å². The number of aromatic nitrogens is 2. The van der Waals surface area contributed by atoms with Crippen LogP contribution in [0.4, 0.5) is 0 Å². The molecule has 1 fully saturated rings. The van der Waals surface area contributed by atoms with Gasteiger partial charge in [0, 0.05) is 18.4 Å². The smallest absolute Gasteiger partial charge is 0.170 e. The molecule has 0 amide bonds. The van der Waals surface area contributed by atoms with Crippen LogP contribution in [0.3, 0.4) is 0 Å². The summed E-state index contributed by atoms with van der Waals surface area (Å²) >= 11 is 0. The SMILES string of the molecule is C[C@H]1[C@@H](c2ccccc2)O[C@@H](c2ncc[nH]2)N1C. The Morgan fingerprint density at radius 2 is 2.06 bits per heavy atom. The van der Waals surface area contributed by atoms with Gasteiger partial charge in [-0.25, -0.2) is 4.98 Å². The van der Waals surface area contributed by atoms with E-state index >= 15 is 0 Å². The van der Waals surface area contributed by atoms with Crippen LogP contribution in [0.15, 0.2) is 42.7 Å². The summed E-state index contributed by atoms with van der Waals surface area (Å²) in [4.78, 5) is 9.62. The van der Waals surface area contributed by atoms with E-state index in [0.717, 1.165) is 5.82 Å².